The Bertz CT molecular complexity index is 193. The molecule has 1 saturated carbocycles. The van der Waals surface area contributed by atoms with Crippen molar-refractivity contribution < 1.29 is 4.79 Å². The number of hydrogen-bond donors (Lipinski definition) is 1. The van der Waals surface area contributed by atoms with Gasteiger partial charge in [-0.3, -0.25) is 4.79 Å². The van der Waals surface area contributed by atoms with Gasteiger partial charge < -0.3 is 10.2 Å². The number of nitrogens with zero attached hydrogens (tertiary/aromatic N) is 1. The molecule has 0 radical (unpaired) electrons. The lowest BCUT2D eigenvalue weighted by atomic mass is 10.1. The van der Waals surface area contributed by atoms with E-state index in [1.54, 1.807) is 4.90 Å². The SMILES string of the molecule is CC(C)N[C@@H](CC1CC1)C(=O)N(C)C. The first-order valence-corrected chi connectivity index (χ1v) is 5.48. The van der Waals surface area contributed by atoms with Gasteiger partial charge in [0.1, 0.15) is 0 Å². The second-order valence-corrected chi connectivity index (χ2v) is 4.79. The standard InChI is InChI=1S/C11H22N2O/c1-8(2)12-10(7-9-5-6-9)11(14)13(3)4/h8-10,12H,5-7H2,1-4H3/t10-/m0/s1. The van der Waals surface area contributed by atoms with E-state index in [-0.39, 0.29) is 11.9 Å². The molecule has 3 nitrogen and oxygen atoms in total. The Hall–Kier alpha value is -0.570. The molecule has 0 aromatic rings. The number of nitrogens with one attached hydrogen (secondary N) is 1. The van der Waals surface area contributed by atoms with Crippen molar-refractivity contribution in [3.05, 3.63) is 0 Å². The van der Waals surface area contributed by atoms with Gasteiger partial charge >= 0.3 is 0 Å². The number of carbonyl (C=O) groups is 1. The Balaban J connectivity index is 2.45. The number of amides is 1. The minimum Gasteiger partial charge on any atom is -0.347 e. The molecule has 1 fully saturated rings. The highest BCUT2D eigenvalue weighted by Crippen LogP contribution is 2.33. The molecule has 14 heavy (non-hydrogen) atoms. The molecule has 0 aromatic heterocycles. The first kappa shape index (κ1) is 11.5. The molecule has 0 aliphatic heterocycles. The molecule has 82 valence electrons. The van der Waals surface area contributed by atoms with Gasteiger partial charge in [0.15, 0.2) is 0 Å². The van der Waals surface area contributed by atoms with Crippen LogP contribution in [0.25, 0.3) is 0 Å². The third-order valence-corrected chi connectivity index (χ3v) is 2.54. The van der Waals surface area contributed by atoms with Crippen molar-refractivity contribution >= 4 is 5.91 Å². The van der Waals surface area contributed by atoms with Crippen molar-refractivity contribution in [3.8, 4) is 0 Å². The van der Waals surface area contributed by atoms with E-state index >= 15 is 0 Å². The molecular weight excluding hydrogens is 176 g/mol. The van der Waals surface area contributed by atoms with Crippen LogP contribution in [0.5, 0.6) is 0 Å². The molecule has 0 unspecified atom stereocenters. The second-order valence-electron chi connectivity index (χ2n) is 4.79. The third kappa shape index (κ3) is 3.66. The zero-order valence-electron chi connectivity index (χ0n) is 9.71. The fraction of sp³-hybridized carbons (Fsp3) is 0.909. The van der Waals surface area contributed by atoms with E-state index in [9.17, 15) is 4.79 Å². The highest BCUT2D eigenvalue weighted by Gasteiger charge is 2.30. The van der Waals surface area contributed by atoms with Crippen LogP contribution < -0.4 is 5.32 Å². The Morgan fingerprint density at radius 3 is 2.36 bits per heavy atom. The molecule has 1 rings (SSSR count). The Morgan fingerprint density at radius 1 is 1.43 bits per heavy atom. The van der Waals surface area contributed by atoms with Crippen molar-refractivity contribution in [2.75, 3.05) is 14.1 Å². The van der Waals surface area contributed by atoms with Gasteiger partial charge in [0.05, 0.1) is 6.04 Å². The smallest absolute Gasteiger partial charge is 0.239 e. The van der Waals surface area contributed by atoms with Crippen molar-refractivity contribution in [1.29, 1.82) is 0 Å². The van der Waals surface area contributed by atoms with E-state index in [4.69, 9.17) is 0 Å². The van der Waals surface area contributed by atoms with Gasteiger partial charge in [-0.05, 0) is 12.3 Å². The van der Waals surface area contributed by atoms with Gasteiger partial charge in [0, 0.05) is 20.1 Å². The molecule has 1 N–H and O–H groups in total. The molecule has 0 aromatic carbocycles. The number of rotatable bonds is 5. The lowest BCUT2D eigenvalue weighted by Crippen LogP contribution is -2.46. The molecule has 1 amide bonds. The summed E-state index contributed by atoms with van der Waals surface area (Å²) in [5.74, 6) is 1.00. The van der Waals surface area contributed by atoms with Crippen molar-refractivity contribution in [2.24, 2.45) is 5.92 Å². The maximum absolute atomic E-state index is 11.8. The van der Waals surface area contributed by atoms with Crippen LogP contribution in [0.1, 0.15) is 33.1 Å². The fourth-order valence-electron chi connectivity index (χ4n) is 1.64. The third-order valence-electron chi connectivity index (χ3n) is 2.54. The van der Waals surface area contributed by atoms with Crippen LogP contribution in [0.2, 0.25) is 0 Å². The average Bonchev–Trinajstić information content (AvgIpc) is 2.84. The van der Waals surface area contributed by atoms with E-state index in [1.807, 2.05) is 14.1 Å². The van der Waals surface area contributed by atoms with Crippen LogP contribution in [-0.2, 0) is 4.79 Å². The maximum atomic E-state index is 11.8. The highest BCUT2D eigenvalue weighted by molar-refractivity contribution is 5.81. The summed E-state index contributed by atoms with van der Waals surface area (Å²) < 4.78 is 0. The second kappa shape index (κ2) is 4.78. The topological polar surface area (TPSA) is 32.3 Å². The maximum Gasteiger partial charge on any atom is 0.239 e. The zero-order chi connectivity index (χ0) is 10.7. The summed E-state index contributed by atoms with van der Waals surface area (Å²) in [5.41, 5.74) is 0. The quantitative estimate of drug-likeness (QED) is 0.721. The van der Waals surface area contributed by atoms with Gasteiger partial charge in [0.25, 0.3) is 0 Å². The van der Waals surface area contributed by atoms with E-state index < -0.39 is 0 Å². The predicted octanol–water partition coefficient (Wildman–Crippen LogP) is 1.24. The van der Waals surface area contributed by atoms with Gasteiger partial charge in [-0.1, -0.05) is 26.7 Å². The van der Waals surface area contributed by atoms with Gasteiger partial charge in [-0.25, -0.2) is 0 Å². The number of carbonyl (C=O) groups excluding carboxylic acids is 1. The summed E-state index contributed by atoms with van der Waals surface area (Å²) in [6, 6.07) is 0.403. The summed E-state index contributed by atoms with van der Waals surface area (Å²) in [4.78, 5) is 13.5. The van der Waals surface area contributed by atoms with Gasteiger partial charge in [0.2, 0.25) is 5.91 Å². The van der Waals surface area contributed by atoms with E-state index in [0.717, 1.165) is 12.3 Å². The van der Waals surface area contributed by atoms with E-state index in [1.165, 1.54) is 12.8 Å². The summed E-state index contributed by atoms with van der Waals surface area (Å²) in [6.07, 6.45) is 3.61. The first-order chi connectivity index (χ1) is 6.50. The van der Waals surface area contributed by atoms with Crippen LogP contribution in [0.4, 0.5) is 0 Å². The first-order valence-electron chi connectivity index (χ1n) is 5.48. The average molecular weight is 198 g/mol. The van der Waals surface area contributed by atoms with Crippen molar-refractivity contribution in [1.82, 2.24) is 10.2 Å². The van der Waals surface area contributed by atoms with Crippen LogP contribution in [0.3, 0.4) is 0 Å². The van der Waals surface area contributed by atoms with E-state index in [0.29, 0.717) is 6.04 Å². The molecule has 1 atom stereocenters. The lowest BCUT2D eigenvalue weighted by Gasteiger charge is -2.23. The van der Waals surface area contributed by atoms with Crippen molar-refractivity contribution in [2.45, 2.75) is 45.2 Å². The molecule has 0 spiro atoms. The molecule has 0 heterocycles. The van der Waals surface area contributed by atoms with E-state index in [2.05, 4.69) is 19.2 Å². The van der Waals surface area contributed by atoms with Crippen LogP contribution in [0, 0.1) is 5.92 Å². The molecule has 1 aliphatic carbocycles. The molecule has 0 bridgehead atoms. The zero-order valence-corrected chi connectivity index (χ0v) is 9.71. The minimum absolute atomic E-state index is 0.0255. The normalized spacial score (nSPS) is 18.4. The summed E-state index contributed by atoms with van der Waals surface area (Å²) in [5, 5.41) is 3.34. The molecule has 3 heteroatoms. The minimum atomic E-state index is 0.0255. The van der Waals surface area contributed by atoms with Crippen LogP contribution >= 0.6 is 0 Å². The Morgan fingerprint density at radius 2 is 2.00 bits per heavy atom. The largest absolute Gasteiger partial charge is 0.347 e. The van der Waals surface area contributed by atoms with Crippen LogP contribution in [0.15, 0.2) is 0 Å². The van der Waals surface area contributed by atoms with Crippen molar-refractivity contribution in [3.63, 3.8) is 0 Å². The van der Waals surface area contributed by atoms with Gasteiger partial charge in [-0.15, -0.1) is 0 Å². The fourth-order valence-corrected chi connectivity index (χ4v) is 1.64. The Labute approximate surface area is 86.9 Å². The number of likely N-dealkylation sites (N-methyl/N-ethyl adjacent to an activating group) is 1. The lowest BCUT2D eigenvalue weighted by molar-refractivity contribution is -0.131. The molecule has 1 aliphatic rings. The number of hydrogen-bond acceptors (Lipinski definition) is 2. The monoisotopic (exact) mass is 198 g/mol. The van der Waals surface area contributed by atoms with Gasteiger partial charge in [-0.2, -0.15) is 0 Å². The van der Waals surface area contributed by atoms with Crippen LogP contribution in [-0.4, -0.2) is 37.0 Å². The molecule has 0 saturated heterocycles. The summed E-state index contributed by atoms with van der Waals surface area (Å²) in [6.45, 7) is 4.17. The molecular formula is C11H22N2O. The highest BCUT2D eigenvalue weighted by atomic mass is 16.2. The summed E-state index contributed by atoms with van der Waals surface area (Å²) in [7, 11) is 3.65. The predicted molar refractivity (Wildman–Crippen MR) is 58.1 cm³/mol. The Kier molecular flexibility index (Phi) is 3.93. The summed E-state index contributed by atoms with van der Waals surface area (Å²) >= 11 is 0.